The Bertz CT molecular complexity index is 978. The predicted molar refractivity (Wildman–Crippen MR) is 113 cm³/mol. The zero-order chi connectivity index (χ0) is 19.5. The van der Waals surface area contributed by atoms with E-state index in [1.54, 1.807) is 0 Å². The Kier molecular flexibility index (Phi) is 5.44. The van der Waals surface area contributed by atoms with Crippen LogP contribution in [0.3, 0.4) is 0 Å². The first-order valence-corrected chi connectivity index (χ1v) is 10.2. The predicted octanol–water partition coefficient (Wildman–Crippen LogP) is 4.22. The maximum Gasteiger partial charge on any atom is 0.228 e. The molecule has 2 aromatic carbocycles. The second kappa shape index (κ2) is 8.15. The molecular formula is C23H28N4O. The molecule has 28 heavy (non-hydrogen) atoms. The summed E-state index contributed by atoms with van der Waals surface area (Å²) in [5.74, 6) is 1.23. The quantitative estimate of drug-likeness (QED) is 0.725. The Morgan fingerprint density at radius 2 is 2.07 bits per heavy atom. The smallest absolute Gasteiger partial charge is 0.228 e. The molecule has 0 radical (unpaired) electrons. The van der Waals surface area contributed by atoms with Crippen molar-refractivity contribution >= 4 is 22.6 Å². The molecule has 0 bridgehead atoms. The molecule has 1 aliphatic rings. The van der Waals surface area contributed by atoms with E-state index in [2.05, 4.69) is 39.9 Å². The summed E-state index contributed by atoms with van der Waals surface area (Å²) in [6, 6.07) is 16.3. The van der Waals surface area contributed by atoms with Crippen LogP contribution in [-0.4, -0.2) is 33.4 Å². The van der Waals surface area contributed by atoms with Crippen LogP contribution < -0.4 is 5.32 Å². The van der Waals surface area contributed by atoms with Gasteiger partial charge in [-0.3, -0.25) is 9.69 Å². The molecular weight excluding hydrogens is 348 g/mol. The highest BCUT2D eigenvalue weighted by Gasteiger charge is 2.27. The molecule has 2 heterocycles. The standard InChI is InChI=1S/C23H28N4O/c1-3-27-21-12-5-4-11-20(21)25-22(27)16-26-13-7-9-18(15-26)23(28)24-19-10-6-8-17(2)14-19/h4-6,8,10-12,14,18H,3,7,9,13,15-16H2,1-2H3,(H,24,28)/t18-/m1/s1. The van der Waals surface area contributed by atoms with Crippen molar-refractivity contribution in [3.05, 3.63) is 59.9 Å². The largest absolute Gasteiger partial charge is 0.327 e. The number of anilines is 1. The Balaban J connectivity index is 1.45. The van der Waals surface area contributed by atoms with Crippen molar-refractivity contribution in [2.24, 2.45) is 5.92 Å². The van der Waals surface area contributed by atoms with E-state index in [-0.39, 0.29) is 11.8 Å². The highest BCUT2D eigenvalue weighted by atomic mass is 16.1. The molecule has 0 aliphatic carbocycles. The van der Waals surface area contributed by atoms with Gasteiger partial charge in [-0.05, 0) is 63.1 Å². The first kappa shape index (κ1) is 18.7. The van der Waals surface area contributed by atoms with Gasteiger partial charge in [-0.25, -0.2) is 4.98 Å². The number of hydrogen-bond donors (Lipinski definition) is 1. The Morgan fingerprint density at radius 1 is 1.21 bits per heavy atom. The first-order chi connectivity index (χ1) is 13.6. The van der Waals surface area contributed by atoms with Crippen molar-refractivity contribution in [3.8, 4) is 0 Å². The number of rotatable bonds is 5. The van der Waals surface area contributed by atoms with E-state index in [9.17, 15) is 4.79 Å². The highest BCUT2D eigenvalue weighted by molar-refractivity contribution is 5.92. The van der Waals surface area contributed by atoms with Crippen LogP contribution in [0.25, 0.3) is 11.0 Å². The molecule has 0 spiro atoms. The third-order valence-corrected chi connectivity index (χ3v) is 5.58. The van der Waals surface area contributed by atoms with Crippen LogP contribution in [-0.2, 0) is 17.9 Å². The van der Waals surface area contributed by atoms with Crippen LogP contribution in [0.4, 0.5) is 5.69 Å². The number of fused-ring (bicyclic) bond motifs is 1. The molecule has 5 heteroatoms. The van der Waals surface area contributed by atoms with Gasteiger partial charge in [0.15, 0.2) is 0 Å². The van der Waals surface area contributed by atoms with Crippen LogP contribution in [0.1, 0.15) is 31.2 Å². The number of hydrogen-bond acceptors (Lipinski definition) is 3. The molecule has 1 aliphatic heterocycles. The van der Waals surface area contributed by atoms with Gasteiger partial charge in [-0.15, -0.1) is 0 Å². The van der Waals surface area contributed by atoms with Crippen LogP contribution >= 0.6 is 0 Å². The van der Waals surface area contributed by atoms with Gasteiger partial charge in [0.2, 0.25) is 5.91 Å². The minimum absolute atomic E-state index is 0.0220. The van der Waals surface area contributed by atoms with E-state index in [0.717, 1.165) is 61.6 Å². The number of piperidine rings is 1. The van der Waals surface area contributed by atoms with Crippen molar-refractivity contribution in [2.45, 2.75) is 39.8 Å². The van der Waals surface area contributed by atoms with E-state index < -0.39 is 0 Å². The van der Waals surface area contributed by atoms with Gasteiger partial charge in [0.05, 0.1) is 23.5 Å². The van der Waals surface area contributed by atoms with Crippen LogP contribution in [0.15, 0.2) is 48.5 Å². The summed E-state index contributed by atoms with van der Waals surface area (Å²) in [6.45, 7) is 7.69. The number of aryl methyl sites for hydroxylation is 2. The SMILES string of the molecule is CCn1c(CN2CCC[C@@H](C(=O)Nc3cccc(C)c3)C2)nc2ccccc21. The summed E-state index contributed by atoms with van der Waals surface area (Å²) in [7, 11) is 0. The summed E-state index contributed by atoms with van der Waals surface area (Å²) in [6.07, 6.45) is 1.98. The van der Waals surface area contributed by atoms with E-state index >= 15 is 0 Å². The second-order valence-electron chi connectivity index (χ2n) is 7.69. The fraction of sp³-hybridized carbons (Fsp3) is 0.391. The van der Waals surface area contributed by atoms with Crippen LogP contribution in [0.2, 0.25) is 0 Å². The zero-order valence-electron chi connectivity index (χ0n) is 16.7. The normalized spacial score (nSPS) is 17.7. The minimum Gasteiger partial charge on any atom is -0.327 e. The van der Waals surface area contributed by atoms with Gasteiger partial charge < -0.3 is 9.88 Å². The molecule has 1 atom stereocenters. The lowest BCUT2D eigenvalue weighted by molar-refractivity contribution is -0.121. The lowest BCUT2D eigenvalue weighted by Gasteiger charge is -2.31. The maximum atomic E-state index is 12.8. The number of carbonyl (C=O) groups excluding carboxylic acids is 1. The summed E-state index contributed by atoms with van der Waals surface area (Å²) >= 11 is 0. The zero-order valence-corrected chi connectivity index (χ0v) is 16.7. The van der Waals surface area contributed by atoms with Crippen molar-refractivity contribution in [2.75, 3.05) is 18.4 Å². The highest BCUT2D eigenvalue weighted by Crippen LogP contribution is 2.22. The molecule has 0 saturated carbocycles. The summed E-state index contributed by atoms with van der Waals surface area (Å²) < 4.78 is 2.28. The van der Waals surface area contributed by atoms with Gasteiger partial charge in [-0.1, -0.05) is 24.3 Å². The average molecular weight is 377 g/mol. The van der Waals surface area contributed by atoms with E-state index in [4.69, 9.17) is 4.98 Å². The number of nitrogens with zero attached hydrogens (tertiary/aromatic N) is 3. The van der Waals surface area contributed by atoms with E-state index in [1.807, 2.05) is 37.3 Å². The second-order valence-corrected chi connectivity index (χ2v) is 7.69. The van der Waals surface area contributed by atoms with Gasteiger partial charge in [-0.2, -0.15) is 0 Å². The first-order valence-electron chi connectivity index (χ1n) is 10.2. The van der Waals surface area contributed by atoms with Crippen molar-refractivity contribution in [3.63, 3.8) is 0 Å². The molecule has 1 amide bonds. The van der Waals surface area contributed by atoms with Crippen molar-refractivity contribution in [1.29, 1.82) is 0 Å². The number of benzene rings is 2. The van der Waals surface area contributed by atoms with Gasteiger partial charge in [0.1, 0.15) is 5.82 Å². The molecule has 1 aromatic heterocycles. The topological polar surface area (TPSA) is 50.2 Å². The monoisotopic (exact) mass is 376 g/mol. The maximum absolute atomic E-state index is 12.8. The van der Waals surface area contributed by atoms with Gasteiger partial charge in [0, 0.05) is 18.8 Å². The minimum atomic E-state index is 0.0220. The Morgan fingerprint density at radius 3 is 2.89 bits per heavy atom. The summed E-state index contributed by atoms with van der Waals surface area (Å²) in [4.78, 5) is 20.0. The number of likely N-dealkylation sites (tertiary alicyclic amines) is 1. The van der Waals surface area contributed by atoms with E-state index in [1.165, 1.54) is 5.52 Å². The molecule has 5 nitrogen and oxygen atoms in total. The van der Waals surface area contributed by atoms with Crippen LogP contribution in [0, 0.1) is 12.8 Å². The summed E-state index contributed by atoms with van der Waals surface area (Å²) in [5, 5.41) is 3.09. The molecule has 1 N–H and O–H groups in total. The molecule has 4 rings (SSSR count). The molecule has 1 fully saturated rings. The fourth-order valence-corrected chi connectivity index (χ4v) is 4.18. The van der Waals surface area contributed by atoms with E-state index in [0.29, 0.717) is 0 Å². The Hall–Kier alpha value is -2.66. The lowest BCUT2D eigenvalue weighted by atomic mass is 9.97. The van der Waals surface area contributed by atoms with Gasteiger partial charge in [0.25, 0.3) is 0 Å². The third-order valence-electron chi connectivity index (χ3n) is 5.58. The molecule has 146 valence electrons. The molecule has 0 unspecified atom stereocenters. The van der Waals surface area contributed by atoms with Gasteiger partial charge >= 0.3 is 0 Å². The number of amides is 1. The number of nitrogens with one attached hydrogen (secondary N) is 1. The number of carbonyl (C=O) groups is 1. The van der Waals surface area contributed by atoms with Crippen molar-refractivity contribution in [1.82, 2.24) is 14.5 Å². The molecule has 3 aromatic rings. The fourth-order valence-electron chi connectivity index (χ4n) is 4.18. The summed E-state index contributed by atoms with van der Waals surface area (Å²) in [5.41, 5.74) is 4.27. The third kappa shape index (κ3) is 3.94. The van der Waals surface area contributed by atoms with Crippen molar-refractivity contribution < 1.29 is 4.79 Å². The number of imidazole rings is 1. The van der Waals surface area contributed by atoms with Crippen LogP contribution in [0.5, 0.6) is 0 Å². The molecule has 1 saturated heterocycles. The number of aromatic nitrogens is 2. The lowest BCUT2D eigenvalue weighted by Crippen LogP contribution is -2.40. The Labute approximate surface area is 166 Å². The number of para-hydroxylation sites is 2. The average Bonchev–Trinajstić information content (AvgIpc) is 3.05.